The summed E-state index contributed by atoms with van der Waals surface area (Å²) < 4.78 is 13.1. The van der Waals surface area contributed by atoms with E-state index >= 15 is 0 Å². The number of carbonyl (C=O) groups excluding carboxylic acids is 1. The first-order valence-electron chi connectivity index (χ1n) is 4.02. The Bertz CT molecular complexity index is 365. The van der Waals surface area contributed by atoms with Crippen molar-refractivity contribution in [2.45, 2.75) is 13.3 Å². The predicted molar refractivity (Wildman–Crippen MR) is 47.5 cm³/mol. The summed E-state index contributed by atoms with van der Waals surface area (Å²) in [7, 11) is 0. The van der Waals surface area contributed by atoms with Crippen molar-refractivity contribution in [2.24, 2.45) is 0 Å². The molecule has 0 unspecified atom stereocenters. The summed E-state index contributed by atoms with van der Waals surface area (Å²) in [6.07, 6.45) is -0.395. The summed E-state index contributed by atoms with van der Waals surface area (Å²) in [4.78, 5) is 21.1. The largest absolute Gasteiger partial charge is 0.475 e. The molecule has 0 bridgehead atoms. The lowest BCUT2D eigenvalue weighted by Crippen LogP contribution is -2.16. The third-order valence-corrected chi connectivity index (χ3v) is 1.93. The van der Waals surface area contributed by atoms with Crippen LogP contribution >= 0.6 is 0 Å². The highest BCUT2D eigenvalue weighted by atomic mass is 19.1. The van der Waals surface area contributed by atoms with Crippen molar-refractivity contribution in [2.75, 3.05) is 0 Å². The van der Waals surface area contributed by atoms with Crippen molar-refractivity contribution in [1.29, 1.82) is 0 Å². The number of carboxylic acid groups (broad SMARTS) is 1. The second-order valence-electron chi connectivity index (χ2n) is 2.94. The summed E-state index contributed by atoms with van der Waals surface area (Å²) in [6.45, 7) is 1.63. The van der Waals surface area contributed by atoms with Gasteiger partial charge >= 0.3 is 5.97 Å². The van der Waals surface area contributed by atoms with E-state index in [0.29, 0.717) is 5.56 Å². The molecule has 0 amide bonds. The highest BCUT2D eigenvalue weighted by Crippen LogP contribution is 2.13. The van der Waals surface area contributed by atoms with E-state index in [1.807, 2.05) is 0 Å². The Hall–Kier alpha value is -1.71. The fourth-order valence-corrected chi connectivity index (χ4v) is 1.13. The number of ketones is 1. The number of rotatable bonds is 3. The minimum Gasteiger partial charge on any atom is -0.475 e. The zero-order chi connectivity index (χ0) is 10.7. The Balaban J connectivity index is 2.97. The van der Waals surface area contributed by atoms with E-state index in [9.17, 15) is 14.0 Å². The first-order chi connectivity index (χ1) is 6.52. The molecule has 0 saturated carbocycles. The van der Waals surface area contributed by atoms with Crippen LogP contribution in [0.5, 0.6) is 0 Å². The summed E-state index contributed by atoms with van der Waals surface area (Å²) in [5.41, 5.74) is 0.736. The van der Waals surface area contributed by atoms with Crippen LogP contribution in [0.1, 0.15) is 11.1 Å². The molecule has 0 atom stereocenters. The number of carbonyl (C=O) groups is 2. The third-order valence-electron chi connectivity index (χ3n) is 1.93. The van der Waals surface area contributed by atoms with E-state index in [4.69, 9.17) is 5.11 Å². The molecule has 14 heavy (non-hydrogen) atoms. The standard InChI is InChI=1S/C10H9FO3/c1-6-3-2-4-8(11)7(6)5-9(12)10(13)14/h2-4H,5H2,1H3,(H,13,14). The Morgan fingerprint density at radius 2 is 2.07 bits per heavy atom. The molecule has 1 aromatic rings. The van der Waals surface area contributed by atoms with Crippen LogP contribution < -0.4 is 0 Å². The average Bonchev–Trinajstić information content (AvgIpc) is 2.11. The summed E-state index contributed by atoms with van der Waals surface area (Å²) in [5, 5.41) is 8.35. The van der Waals surface area contributed by atoms with Crippen molar-refractivity contribution in [1.82, 2.24) is 0 Å². The van der Waals surface area contributed by atoms with Crippen LogP contribution in [0.2, 0.25) is 0 Å². The Kier molecular flexibility index (Phi) is 2.96. The van der Waals surface area contributed by atoms with E-state index in [0.717, 1.165) is 0 Å². The fourth-order valence-electron chi connectivity index (χ4n) is 1.13. The van der Waals surface area contributed by atoms with Gasteiger partial charge in [-0.05, 0) is 24.1 Å². The number of Topliss-reactive ketones (excluding diaryl/α,β-unsaturated/α-hetero) is 1. The molecule has 0 heterocycles. The number of halogens is 1. The molecule has 4 heteroatoms. The molecule has 0 spiro atoms. The second kappa shape index (κ2) is 4.00. The summed E-state index contributed by atoms with van der Waals surface area (Å²) >= 11 is 0. The fraction of sp³-hybridized carbons (Fsp3) is 0.200. The van der Waals surface area contributed by atoms with Gasteiger partial charge in [0, 0.05) is 6.42 Å². The van der Waals surface area contributed by atoms with Crippen molar-refractivity contribution >= 4 is 11.8 Å². The average molecular weight is 196 g/mol. The van der Waals surface area contributed by atoms with Gasteiger partial charge in [0.1, 0.15) is 5.82 Å². The monoisotopic (exact) mass is 196 g/mol. The Morgan fingerprint density at radius 1 is 1.43 bits per heavy atom. The molecule has 0 aliphatic carbocycles. The molecule has 74 valence electrons. The van der Waals surface area contributed by atoms with Crippen LogP contribution in [0.25, 0.3) is 0 Å². The van der Waals surface area contributed by atoms with E-state index in [1.165, 1.54) is 12.1 Å². The minimum atomic E-state index is -1.53. The number of aryl methyl sites for hydroxylation is 1. The van der Waals surface area contributed by atoms with Gasteiger partial charge in [-0.3, -0.25) is 4.79 Å². The van der Waals surface area contributed by atoms with E-state index in [2.05, 4.69) is 0 Å². The first-order valence-corrected chi connectivity index (χ1v) is 4.02. The van der Waals surface area contributed by atoms with Gasteiger partial charge in [-0.2, -0.15) is 0 Å². The lowest BCUT2D eigenvalue weighted by atomic mass is 10.0. The number of aliphatic carboxylic acids is 1. The van der Waals surface area contributed by atoms with Gasteiger partial charge in [-0.25, -0.2) is 9.18 Å². The highest BCUT2D eigenvalue weighted by Gasteiger charge is 2.15. The van der Waals surface area contributed by atoms with Gasteiger partial charge in [0.25, 0.3) is 0 Å². The molecule has 0 aliphatic heterocycles. The van der Waals surface area contributed by atoms with Gasteiger partial charge in [0.2, 0.25) is 5.78 Å². The normalized spacial score (nSPS) is 9.86. The smallest absolute Gasteiger partial charge is 0.372 e. The summed E-state index contributed by atoms with van der Waals surface area (Å²) in [5.74, 6) is -3.08. The molecule has 0 aromatic heterocycles. The SMILES string of the molecule is Cc1cccc(F)c1CC(=O)C(=O)O. The number of hydrogen-bond acceptors (Lipinski definition) is 2. The molecule has 0 saturated heterocycles. The molecule has 0 fully saturated rings. The second-order valence-corrected chi connectivity index (χ2v) is 2.94. The van der Waals surface area contributed by atoms with Crippen LogP contribution in [-0.2, 0) is 16.0 Å². The molecule has 1 rings (SSSR count). The van der Waals surface area contributed by atoms with Crippen LogP contribution in [0.15, 0.2) is 18.2 Å². The molecule has 0 aliphatic rings. The lowest BCUT2D eigenvalue weighted by molar-refractivity contribution is -0.148. The van der Waals surface area contributed by atoms with Gasteiger partial charge in [-0.1, -0.05) is 12.1 Å². The molecule has 0 radical (unpaired) electrons. The third kappa shape index (κ3) is 2.16. The maximum absolute atomic E-state index is 13.1. The predicted octanol–water partition coefficient (Wildman–Crippen LogP) is 1.33. The van der Waals surface area contributed by atoms with Crippen molar-refractivity contribution < 1.29 is 19.1 Å². The quantitative estimate of drug-likeness (QED) is 0.742. The van der Waals surface area contributed by atoms with Gasteiger partial charge in [-0.15, -0.1) is 0 Å². The molecule has 1 aromatic carbocycles. The number of carboxylic acids is 1. The highest BCUT2D eigenvalue weighted by molar-refractivity contribution is 6.33. The molecule has 3 nitrogen and oxygen atoms in total. The molecular formula is C10H9FO3. The molecular weight excluding hydrogens is 187 g/mol. The first kappa shape index (κ1) is 10.4. The molecule has 1 N–H and O–H groups in total. The van der Waals surface area contributed by atoms with Gasteiger partial charge in [0.05, 0.1) is 0 Å². The zero-order valence-electron chi connectivity index (χ0n) is 7.58. The maximum atomic E-state index is 13.1. The van der Waals surface area contributed by atoms with E-state index < -0.39 is 24.0 Å². The van der Waals surface area contributed by atoms with Gasteiger partial charge < -0.3 is 5.11 Å². The van der Waals surface area contributed by atoms with Gasteiger partial charge in [0.15, 0.2) is 0 Å². The number of benzene rings is 1. The van der Waals surface area contributed by atoms with Crippen molar-refractivity contribution in [3.63, 3.8) is 0 Å². The maximum Gasteiger partial charge on any atom is 0.372 e. The van der Waals surface area contributed by atoms with Crippen molar-refractivity contribution in [3.05, 3.63) is 35.1 Å². The summed E-state index contributed by atoms with van der Waals surface area (Å²) in [6, 6.07) is 4.35. The van der Waals surface area contributed by atoms with Crippen LogP contribution in [-0.4, -0.2) is 16.9 Å². The lowest BCUT2D eigenvalue weighted by Gasteiger charge is -2.03. The zero-order valence-corrected chi connectivity index (χ0v) is 7.58. The van der Waals surface area contributed by atoms with Crippen LogP contribution in [0.3, 0.4) is 0 Å². The van der Waals surface area contributed by atoms with Crippen molar-refractivity contribution in [3.8, 4) is 0 Å². The number of hydrogen-bond donors (Lipinski definition) is 1. The minimum absolute atomic E-state index is 0.153. The Labute approximate surface area is 80.2 Å². The Morgan fingerprint density at radius 3 is 2.57 bits per heavy atom. The van der Waals surface area contributed by atoms with Crippen LogP contribution in [0.4, 0.5) is 4.39 Å². The van der Waals surface area contributed by atoms with E-state index in [1.54, 1.807) is 13.0 Å². The van der Waals surface area contributed by atoms with E-state index in [-0.39, 0.29) is 5.56 Å². The topological polar surface area (TPSA) is 54.4 Å². The van der Waals surface area contributed by atoms with Crippen LogP contribution in [0, 0.1) is 12.7 Å².